The van der Waals surface area contributed by atoms with Gasteiger partial charge < -0.3 is 5.32 Å². The molecule has 1 N–H and O–H groups in total. The summed E-state index contributed by atoms with van der Waals surface area (Å²) in [6, 6.07) is 21.4. The van der Waals surface area contributed by atoms with Crippen molar-refractivity contribution in [2.75, 3.05) is 0 Å². The highest BCUT2D eigenvalue weighted by Crippen LogP contribution is 2.19. The minimum Gasteiger partial charge on any atom is -0.346 e. The molecule has 0 aliphatic heterocycles. The molecule has 1 atom stereocenters. The Kier molecular flexibility index (Phi) is 4.48. The van der Waals surface area contributed by atoms with Crippen molar-refractivity contribution in [2.45, 2.75) is 13.0 Å². The third-order valence-electron chi connectivity index (χ3n) is 3.81. The van der Waals surface area contributed by atoms with E-state index in [1.165, 1.54) is 0 Å². The second kappa shape index (κ2) is 6.88. The Bertz CT molecular complexity index is 768. The van der Waals surface area contributed by atoms with Crippen LogP contribution in [0.3, 0.4) is 0 Å². The molecule has 1 heterocycles. The molecule has 1 aromatic heterocycles. The van der Waals surface area contributed by atoms with Crippen LogP contribution < -0.4 is 5.32 Å². The molecule has 0 aliphatic rings. The van der Waals surface area contributed by atoms with Gasteiger partial charge in [-0.25, -0.2) is 0 Å². The lowest BCUT2D eigenvalue weighted by Crippen LogP contribution is -2.26. The number of aromatic nitrogens is 1. The topological polar surface area (TPSA) is 42.0 Å². The van der Waals surface area contributed by atoms with Crippen LogP contribution in [0.2, 0.25) is 0 Å². The van der Waals surface area contributed by atoms with E-state index in [1.807, 2.05) is 73.7 Å². The summed E-state index contributed by atoms with van der Waals surface area (Å²) in [4.78, 5) is 16.4. The molecule has 0 spiro atoms. The van der Waals surface area contributed by atoms with Gasteiger partial charge >= 0.3 is 0 Å². The number of nitrogens with one attached hydrogen (secondary N) is 1. The van der Waals surface area contributed by atoms with E-state index in [0.29, 0.717) is 5.56 Å². The molecule has 0 saturated heterocycles. The average molecular weight is 302 g/mol. The summed E-state index contributed by atoms with van der Waals surface area (Å²) in [6.07, 6.45) is 3.52. The minimum atomic E-state index is -0.0670. The molecule has 2 aromatic carbocycles. The molecule has 0 saturated carbocycles. The number of hydrogen-bond donors (Lipinski definition) is 1. The molecule has 0 radical (unpaired) electrons. The SMILES string of the molecule is C[C@@H](NC(=O)c1ccc(-c2ccncc2)cc1)c1ccccc1. The fourth-order valence-corrected chi connectivity index (χ4v) is 2.46. The van der Waals surface area contributed by atoms with Gasteiger partial charge in [0.25, 0.3) is 5.91 Å². The van der Waals surface area contributed by atoms with Crippen molar-refractivity contribution in [3.8, 4) is 11.1 Å². The highest BCUT2D eigenvalue weighted by atomic mass is 16.1. The lowest BCUT2D eigenvalue weighted by Gasteiger charge is -2.14. The fourth-order valence-electron chi connectivity index (χ4n) is 2.46. The normalized spacial score (nSPS) is 11.7. The van der Waals surface area contributed by atoms with E-state index >= 15 is 0 Å². The molecule has 114 valence electrons. The first-order valence-electron chi connectivity index (χ1n) is 7.60. The molecule has 1 amide bonds. The van der Waals surface area contributed by atoms with Crippen LogP contribution in [0.4, 0.5) is 0 Å². The number of carbonyl (C=O) groups excluding carboxylic acids is 1. The Morgan fingerprint density at radius 2 is 1.48 bits per heavy atom. The molecule has 3 aromatic rings. The first-order chi connectivity index (χ1) is 11.2. The van der Waals surface area contributed by atoms with Crippen LogP contribution in [0.25, 0.3) is 11.1 Å². The van der Waals surface area contributed by atoms with E-state index in [9.17, 15) is 4.79 Å². The molecule has 3 heteroatoms. The van der Waals surface area contributed by atoms with Gasteiger partial charge in [0.1, 0.15) is 0 Å². The lowest BCUT2D eigenvalue weighted by atomic mass is 10.0. The van der Waals surface area contributed by atoms with E-state index < -0.39 is 0 Å². The monoisotopic (exact) mass is 302 g/mol. The lowest BCUT2D eigenvalue weighted by molar-refractivity contribution is 0.0940. The van der Waals surface area contributed by atoms with E-state index in [0.717, 1.165) is 16.7 Å². The molecule has 0 unspecified atom stereocenters. The molecular formula is C20H18N2O. The van der Waals surface area contributed by atoms with Crippen molar-refractivity contribution in [2.24, 2.45) is 0 Å². The van der Waals surface area contributed by atoms with Crippen LogP contribution in [0.5, 0.6) is 0 Å². The Labute approximate surface area is 136 Å². The van der Waals surface area contributed by atoms with Crippen molar-refractivity contribution in [1.82, 2.24) is 10.3 Å². The van der Waals surface area contributed by atoms with Crippen LogP contribution in [-0.4, -0.2) is 10.9 Å². The predicted molar refractivity (Wildman–Crippen MR) is 92.0 cm³/mol. The van der Waals surface area contributed by atoms with Gasteiger partial charge in [-0.1, -0.05) is 42.5 Å². The van der Waals surface area contributed by atoms with Gasteiger partial charge in [0.05, 0.1) is 6.04 Å². The number of benzene rings is 2. The van der Waals surface area contributed by atoms with Gasteiger partial charge in [-0.15, -0.1) is 0 Å². The molecule has 0 fully saturated rings. The summed E-state index contributed by atoms with van der Waals surface area (Å²) in [5.74, 6) is -0.0670. The first-order valence-corrected chi connectivity index (χ1v) is 7.60. The number of pyridine rings is 1. The molecule has 3 nitrogen and oxygen atoms in total. The molecule has 0 aliphatic carbocycles. The van der Waals surface area contributed by atoms with Crippen molar-refractivity contribution in [3.63, 3.8) is 0 Å². The van der Waals surface area contributed by atoms with E-state index in [4.69, 9.17) is 0 Å². The smallest absolute Gasteiger partial charge is 0.251 e. The van der Waals surface area contributed by atoms with Crippen molar-refractivity contribution < 1.29 is 4.79 Å². The summed E-state index contributed by atoms with van der Waals surface area (Å²) < 4.78 is 0. The Morgan fingerprint density at radius 1 is 0.870 bits per heavy atom. The number of carbonyl (C=O) groups is 1. The van der Waals surface area contributed by atoms with Crippen LogP contribution in [0, 0.1) is 0 Å². The van der Waals surface area contributed by atoms with Crippen molar-refractivity contribution >= 4 is 5.91 Å². The van der Waals surface area contributed by atoms with Crippen molar-refractivity contribution in [1.29, 1.82) is 0 Å². The zero-order valence-electron chi connectivity index (χ0n) is 12.9. The van der Waals surface area contributed by atoms with E-state index in [1.54, 1.807) is 12.4 Å². The average Bonchev–Trinajstić information content (AvgIpc) is 2.63. The fraction of sp³-hybridized carbons (Fsp3) is 0.100. The molecular weight excluding hydrogens is 284 g/mol. The van der Waals surface area contributed by atoms with Gasteiger partial charge in [0.2, 0.25) is 0 Å². The second-order valence-electron chi connectivity index (χ2n) is 5.42. The van der Waals surface area contributed by atoms with E-state index in [2.05, 4.69) is 10.3 Å². The summed E-state index contributed by atoms with van der Waals surface area (Å²) in [7, 11) is 0. The van der Waals surface area contributed by atoms with Crippen LogP contribution >= 0.6 is 0 Å². The van der Waals surface area contributed by atoms with E-state index in [-0.39, 0.29) is 11.9 Å². The number of rotatable bonds is 4. The summed E-state index contributed by atoms with van der Waals surface area (Å²) >= 11 is 0. The molecule has 23 heavy (non-hydrogen) atoms. The summed E-state index contributed by atoms with van der Waals surface area (Å²) in [5, 5.41) is 3.02. The maximum atomic E-state index is 12.4. The van der Waals surface area contributed by atoms with Crippen LogP contribution in [-0.2, 0) is 0 Å². The number of hydrogen-bond acceptors (Lipinski definition) is 2. The summed E-state index contributed by atoms with van der Waals surface area (Å²) in [6.45, 7) is 1.98. The maximum absolute atomic E-state index is 12.4. The van der Waals surface area contributed by atoms with Gasteiger partial charge in [-0.3, -0.25) is 9.78 Å². The molecule has 3 rings (SSSR count). The van der Waals surface area contributed by atoms with Crippen LogP contribution in [0.1, 0.15) is 28.9 Å². The standard InChI is InChI=1S/C20H18N2O/c1-15(16-5-3-2-4-6-16)22-20(23)19-9-7-17(8-10-19)18-11-13-21-14-12-18/h2-15H,1H3,(H,22,23)/t15-/m1/s1. The summed E-state index contributed by atoms with van der Waals surface area (Å²) in [5.41, 5.74) is 3.91. The highest BCUT2D eigenvalue weighted by molar-refractivity contribution is 5.94. The highest BCUT2D eigenvalue weighted by Gasteiger charge is 2.11. The van der Waals surface area contributed by atoms with Gasteiger partial charge in [-0.05, 0) is 47.9 Å². The first kappa shape index (κ1) is 15.0. The number of nitrogens with zero attached hydrogens (tertiary/aromatic N) is 1. The van der Waals surface area contributed by atoms with Gasteiger partial charge in [0.15, 0.2) is 0 Å². The number of amides is 1. The second-order valence-corrected chi connectivity index (χ2v) is 5.42. The Balaban J connectivity index is 1.71. The Hall–Kier alpha value is -2.94. The third kappa shape index (κ3) is 3.64. The third-order valence-corrected chi connectivity index (χ3v) is 3.81. The van der Waals surface area contributed by atoms with Crippen LogP contribution in [0.15, 0.2) is 79.1 Å². The van der Waals surface area contributed by atoms with Gasteiger partial charge in [-0.2, -0.15) is 0 Å². The maximum Gasteiger partial charge on any atom is 0.251 e. The Morgan fingerprint density at radius 3 is 2.13 bits per heavy atom. The molecule has 0 bridgehead atoms. The quantitative estimate of drug-likeness (QED) is 0.783. The van der Waals surface area contributed by atoms with Gasteiger partial charge in [0, 0.05) is 18.0 Å². The zero-order chi connectivity index (χ0) is 16.1. The predicted octanol–water partition coefficient (Wildman–Crippen LogP) is 4.24. The van der Waals surface area contributed by atoms with Crippen molar-refractivity contribution in [3.05, 3.63) is 90.3 Å². The minimum absolute atomic E-state index is 0.0245. The largest absolute Gasteiger partial charge is 0.346 e. The zero-order valence-corrected chi connectivity index (χ0v) is 12.9.